The van der Waals surface area contributed by atoms with E-state index in [9.17, 15) is 9.90 Å². The highest BCUT2D eigenvalue weighted by molar-refractivity contribution is 7.84. The van der Waals surface area contributed by atoms with Crippen LogP contribution in [0.4, 0.5) is 0 Å². The molecule has 0 aromatic heterocycles. The van der Waals surface area contributed by atoms with Crippen molar-refractivity contribution >= 4 is 31.2 Å². The first-order valence-corrected chi connectivity index (χ1v) is 6.08. The van der Waals surface area contributed by atoms with Crippen LogP contribution in [0.1, 0.15) is 25.7 Å². The molecule has 1 fully saturated rings. The Labute approximate surface area is 101 Å². The van der Waals surface area contributed by atoms with Crippen LogP contribution in [0, 0.1) is 0 Å². The van der Waals surface area contributed by atoms with Crippen LogP contribution in [0.2, 0.25) is 0 Å². The smallest absolute Gasteiger partial charge is 0.335 e. The van der Waals surface area contributed by atoms with Crippen molar-refractivity contribution in [3.63, 3.8) is 0 Å². The quantitative estimate of drug-likeness (QED) is 0.467. The van der Waals surface area contributed by atoms with E-state index in [-0.39, 0.29) is 12.8 Å². The molecule has 0 amide bonds. The van der Waals surface area contributed by atoms with Crippen molar-refractivity contribution in [1.29, 1.82) is 0 Å². The summed E-state index contributed by atoms with van der Waals surface area (Å²) in [6, 6.07) is 0. The zero-order valence-corrected chi connectivity index (χ0v) is 10.3. The SMILES string of the molecule is O=C(O)C1(O)CCC(O)CC1.SCCS. The van der Waals surface area contributed by atoms with Gasteiger partial charge < -0.3 is 15.3 Å². The lowest BCUT2D eigenvalue weighted by Crippen LogP contribution is -2.43. The van der Waals surface area contributed by atoms with E-state index in [0.717, 1.165) is 11.5 Å². The summed E-state index contributed by atoms with van der Waals surface area (Å²) in [5, 5.41) is 26.9. The molecule has 3 N–H and O–H groups in total. The van der Waals surface area contributed by atoms with E-state index in [1.807, 2.05) is 0 Å². The van der Waals surface area contributed by atoms with Crippen molar-refractivity contribution in [2.75, 3.05) is 11.5 Å². The highest BCUT2D eigenvalue weighted by Gasteiger charge is 2.39. The lowest BCUT2D eigenvalue weighted by molar-refractivity contribution is -0.163. The Morgan fingerprint density at radius 3 is 1.93 bits per heavy atom. The molecular weight excluding hydrogens is 236 g/mol. The van der Waals surface area contributed by atoms with Crippen LogP contribution < -0.4 is 0 Å². The molecule has 0 heterocycles. The van der Waals surface area contributed by atoms with E-state index in [1.165, 1.54) is 0 Å². The second-order valence-electron chi connectivity index (χ2n) is 3.52. The first kappa shape index (κ1) is 15.1. The second-order valence-corrected chi connectivity index (χ2v) is 4.41. The van der Waals surface area contributed by atoms with Crippen molar-refractivity contribution in [3.8, 4) is 0 Å². The first-order valence-electron chi connectivity index (χ1n) is 4.82. The lowest BCUT2D eigenvalue weighted by Gasteiger charge is -2.30. The highest BCUT2D eigenvalue weighted by Crippen LogP contribution is 2.28. The van der Waals surface area contributed by atoms with Crippen LogP contribution in [0.3, 0.4) is 0 Å². The van der Waals surface area contributed by atoms with Gasteiger partial charge in [-0.15, -0.1) is 0 Å². The maximum atomic E-state index is 10.5. The molecule has 0 saturated heterocycles. The van der Waals surface area contributed by atoms with E-state index in [1.54, 1.807) is 0 Å². The lowest BCUT2D eigenvalue weighted by atomic mass is 9.83. The summed E-state index contributed by atoms with van der Waals surface area (Å²) in [6.07, 6.45) is 0.633. The number of carboxylic acids is 1. The number of carbonyl (C=O) groups is 1. The van der Waals surface area contributed by atoms with E-state index in [2.05, 4.69) is 25.3 Å². The molecule has 1 aliphatic carbocycles. The molecule has 0 radical (unpaired) electrons. The van der Waals surface area contributed by atoms with Crippen molar-refractivity contribution in [2.24, 2.45) is 0 Å². The van der Waals surface area contributed by atoms with Crippen molar-refractivity contribution < 1.29 is 20.1 Å². The number of rotatable bonds is 2. The number of thiol groups is 2. The van der Waals surface area contributed by atoms with Crippen molar-refractivity contribution in [2.45, 2.75) is 37.4 Å². The van der Waals surface area contributed by atoms with Crippen molar-refractivity contribution in [3.05, 3.63) is 0 Å². The molecule has 0 unspecified atom stereocenters. The average Bonchev–Trinajstić information content (AvgIpc) is 2.23. The molecule has 1 saturated carbocycles. The predicted octanol–water partition coefficient (Wildman–Crippen LogP) is 0.583. The fraction of sp³-hybridized carbons (Fsp3) is 0.889. The number of aliphatic hydroxyl groups is 2. The molecule has 0 aromatic carbocycles. The third-order valence-corrected chi connectivity index (χ3v) is 3.08. The monoisotopic (exact) mass is 254 g/mol. The second kappa shape index (κ2) is 7.38. The summed E-state index contributed by atoms with van der Waals surface area (Å²) in [6.45, 7) is 0. The number of hydrogen-bond acceptors (Lipinski definition) is 5. The summed E-state index contributed by atoms with van der Waals surface area (Å²) in [7, 11) is 0. The van der Waals surface area contributed by atoms with Crippen LogP contribution in [-0.2, 0) is 4.79 Å². The Bertz CT molecular complexity index is 189. The summed E-state index contributed by atoms with van der Waals surface area (Å²) < 4.78 is 0. The molecule has 6 heteroatoms. The fourth-order valence-electron chi connectivity index (χ4n) is 1.29. The topological polar surface area (TPSA) is 77.8 Å². The molecule has 4 nitrogen and oxygen atoms in total. The van der Waals surface area contributed by atoms with Gasteiger partial charge in [0.2, 0.25) is 0 Å². The normalized spacial score (nSPS) is 30.3. The Morgan fingerprint density at radius 2 is 1.67 bits per heavy atom. The highest BCUT2D eigenvalue weighted by atomic mass is 32.1. The number of aliphatic carboxylic acids is 1. The molecule has 0 spiro atoms. The number of carboxylic acid groups (broad SMARTS) is 1. The molecule has 90 valence electrons. The van der Waals surface area contributed by atoms with E-state index in [4.69, 9.17) is 10.2 Å². The van der Waals surface area contributed by atoms with E-state index in [0.29, 0.717) is 12.8 Å². The van der Waals surface area contributed by atoms with Gasteiger partial charge in [0.25, 0.3) is 0 Å². The minimum Gasteiger partial charge on any atom is -0.479 e. The van der Waals surface area contributed by atoms with Crippen molar-refractivity contribution in [1.82, 2.24) is 0 Å². The zero-order valence-electron chi connectivity index (χ0n) is 8.46. The first-order chi connectivity index (χ1) is 6.96. The van der Waals surface area contributed by atoms with Gasteiger partial charge in [-0.2, -0.15) is 25.3 Å². The van der Waals surface area contributed by atoms with Gasteiger partial charge in [0.1, 0.15) is 0 Å². The predicted molar refractivity (Wildman–Crippen MR) is 64.8 cm³/mol. The molecular formula is C9H18O4S2. The van der Waals surface area contributed by atoms with Gasteiger partial charge >= 0.3 is 5.97 Å². The average molecular weight is 254 g/mol. The summed E-state index contributed by atoms with van der Waals surface area (Å²) >= 11 is 7.69. The molecule has 0 aromatic rings. The molecule has 15 heavy (non-hydrogen) atoms. The van der Waals surface area contributed by atoms with E-state index < -0.39 is 17.7 Å². The molecule has 0 aliphatic heterocycles. The van der Waals surface area contributed by atoms with Gasteiger partial charge in [-0.25, -0.2) is 4.79 Å². The molecule has 1 aliphatic rings. The summed E-state index contributed by atoms with van der Waals surface area (Å²) in [5.74, 6) is 0.580. The van der Waals surface area contributed by atoms with Gasteiger partial charge in [0.15, 0.2) is 5.60 Å². The van der Waals surface area contributed by atoms with Crippen LogP contribution in [0.25, 0.3) is 0 Å². The van der Waals surface area contributed by atoms with Gasteiger partial charge in [0.05, 0.1) is 6.10 Å². The van der Waals surface area contributed by atoms with Crippen LogP contribution in [0.5, 0.6) is 0 Å². The molecule has 1 rings (SSSR count). The van der Waals surface area contributed by atoms with Gasteiger partial charge in [-0.05, 0) is 37.2 Å². The van der Waals surface area contributed by atoms with Crippen LogP contribution >= 0.6 is 25.3 Å². The third-order valence-electron chi connectivity index (χ3n) is 2.28. The van der Waals surface area contributed by atoms with E-state index >= 15 is 0 Å². The Balaban J connectivity index is 0.000000423. The maximum Gasteiger partial charge on any atom is 0.335 e. The molecule has 0 atom stereocenters. The molecule has 0 bridgehead atoms. The third kappa shape index (κ3) is 5.65. The number of aliphatic hydroxyl groups excluding tert-OH is 1. The minimum atomic E-state index is -1.58. The van der Waals surface area contributed by atoms with Gasteiger partial charge in [-0.3, -0.25) is 0 Å². The minimum absolute atomic E-state index is 0.156. The maximum absolute atomic E-state index is 10.5. The van der Waals surface area contributed by atoms with Gasteiger partial charge in [-0.1, -0.05) is 0 Å². The zero-order chi connectivity index (χ0) is 11.9. The largest absolute Gasteiger partial charge is 0.479 e. The van der Waals surface area contributed by atoms with Crippen LogP contribution in [-0.4, -0.2) is 44.5 Å². The Kier molecular flexibility index (Phi) is 7.42. The Hall–Kier alpha value is 0.0900. The number of hydrogen-bond donors (Lipinski definition) is 5. The summed E-state index contributed by atoms with van der Waals surface area (Å²) in [4.78, 5) is 10.5. The fourth-order valence-corrected chi connectivity index (χ4v) is 1.29. The Morgan fingerprint density at radius 1 is 1.27 bits per heavy atom. The summed E-state index contributed by atoms with van der Waals surface area (Å²) in [5.41, 5.74) is -1.58. The van der Waals surface area contributed by atoms with Gasteiger partial charge in [0, 0.05) is 0 Å². The van der Waals surface area contributed by atoms with Crippen LogP contribution in [0.15, 0.2) is 0 Å². The standard InChI is InChI=1S/C7H12O4.C2H6S2/c8-5-1-3-7(11,4-2-5)6(9)10;3-1-2-4/h5,8,11H,1-4H2,(H,9,10);3-4H,1-2H2.